The van der Waals surface area contributed by atoms with Crippen LogP contribution in [0.15, 0.2) is 12.4 Å². The number of fused-ring (bicyclic) bond motifs is 1. The van der Waals surface area contributed by atoms with Crippen molar-refractivity contribution >= 4 is 11.9 Å². The lowest BCUT2D eigenvalue weighted by molar-refractivity contribution is -0.137. The highest BCUT2D eigenvalue weighted by atomic mass is 16.4. The number of amides is 1. The highest BCUT2D eigenvalue weighted by molar-refractivity contribution is 5.76. The Labute approximate surface area is 105 Å². The average molecular weight is 251 g/mol. The van der Waals surface area contributed by atoms with E-state index >= 15 is 0 Å². The molecule has 1 aromatic heterocycles. The van der Waals surface area contributed by atoms with Gasteiger partial charge in [-0.2, -0.15) is 0 Å². The lowest BCUT2D eigenvalue weighted by Gasteiger charge is -2.27. The largest absolute Gasteiger partial charge is 0.481 e. The van der Waals surface area contributed by atoms with Gasteiger partial charge in [0.25, 0.3) is 0 Å². The minimum absolute atomic E-state index is 0.0923. The normalized spacial score (nSPS) is 14.3. The third-order valence-corrected chi connectivity index (χ3v) is 3.13. The molecule has 1 aliphatic heterocycles. The Morgan fingerprint density at radius 1 is 1.28 bits per heavy atom. The van der Waals surface area contributed by atoms with Crippen LogP contribution in [0, 0.1) is 0 Å². The molecule has 1 aromatic rings. The summed E-state index contributed by atoms with van der Waals surface area (Å²) in [5, 5.41) is 8.51. The maximum atomic E-state index is 11.9. The van der Waals surface area contributed by atoms with Gasteiger partial charge < -0.3 is 14.6 Å². The number of carbonyl (C=O) groups excluding carboxylic acids is 1. The van der Waals surface area contributed by atoms with Crippen molar-refractivity contribution in [2.75, 3.05) is 6.54 Å². The highest BCUT2D eigenvalue weighted by Gasteiger charge is 2.20. The number of rotatable bonds is 5. The van der Waals surface area contributed by atoms with Gasteiger partial charge in [0, 0.05) is 38.3 Å². The summed E-state index contributed by atoms with van der Waals surface area (Å²) >= 11 is 0. The van der Waals surface area contributed by atoms with Crippen LogP contribution in [-0.2, 0) is 22.7 Å². The Morgan fingerprint density at radius 2 is 2.06 bits per heavy atom. The summed E-state index contributed by atoms with van der Waals surface area (Å²) in [7, 11) is 0. The quantitative estimate of drug-likeness (QED) is 0.788. The Balaban J connectivity index is 1.75. The summed E-state index contributed by atoms with van der Waals surface area (Å²) in [5.74, 6) is 0.206. The van der Waals surface area contributed by atoms with Crippen molar-refractivity contribution in [1.29, 1.82) is 0 Å². The van der Waals surface area contributed by atoms with E-state index in [4.69, 9.17) is 5.11 Å². The second-order valence-corrected chi connectivity index (χ2v) is 4.45. The molecule has 2 rings (SSSR count). The second kappa shape index (κ2) is 5.66. The molecule has 0 spiro atoms. The predicted octanol–water partition coefficient (Wildman–Crippen LogP) is 0.870. The molecular formula is C12H17N3O3. The molecule has 98 valence electrons. The van der Waals surface area contributed by atoms with Crippen LogP contribution in [0.2, 0.25) is 0 Å². The molecule has 2 heterocycles. The van der Waals surface area contributed by atoms with Crippen molar-refractivity contribution in [2.45, 2.75) is 38.8 Å². The molecule has 6 nitrogen and oxygen atoms in total. The van der Waals surface area contributed by atoms with Crippen LogP contribution < -0.4 is 0 Å². The van der Waals surface area contributed by atoms with Crippen LogP contribution in [0.4, 0.5) is 0 Å². The van der Waals surface area contributed by atoms with Gasteiger partial charge in [-0.25, -0.2) is 4.98 Å². The van der Waals surface area contributed by atoms with Crippen molar-refractivity contribution in [3.63, 3.8) is 0 Å². The molecule has 0 bridgehead atoms. The van der Waals surface area contributed by atoms with Gasteiger partial charge in [-0.15, -0.1) is 0 Å². The van der Waals surface area contributed by atoms with Crippen molar-refractivity contribution < 1.29 is 14.7 Å². The number of carboxylic acids is 1. The van der Waals surface area contributed by atoms with Crippen LogP contribution >= 0.6 is 0 Å². The first-order chi connectivity index (χ1) is 8.66. The van der Waals surface area contributed by atoms with Gasteiger partial charge in [0.2, 0.25) is 5.91 Å². The molecule has 6 heteroatoms. The summed E-state index contributed by atoms with van der Waals surface area (Å²) in [6.45, 7) is 2.06. The van der Waals surface area contributed by atoms with Gasteiger partial charge in [-0.1, -0.05) is 0 Å². The van der Waals surface area contributed by atoms with Gasteiger partial charge in [-0.05, 0) is 12.8 Å². The zero-order valence-corrected chi connectivity index (χ0v) is 10.2. The van der Waals surface area contributed by atoms with E-state index in [0.29, 0.717) is 32.4 Å². The summed E-state index contributed by atoms with van der Waals surface area (Å²) < 4.78 is 2.05. The molecule has 0 unspecified atom stereocenters. The first-order valence-corrected chi connectivity index (χ1v) is 6.16. The molecule has 1 aliphatic rings. The first kappa shape index (κ1) is 12.6. The maximum Gasteiger partial charge on any atom is 0.303 e. The average Bonchev–Trinajstić information content (AvgIpc) is 2.81. The van der Waals surface area contributed by atoms with Crippen LogP contribution in [0.1, 0.15) is 31.5 Å². The topological polar surface area (TPSA) is 75.4 Å². The van der Waals surface area contributed by atoms with Crippen LogP contribution in [-0.4, -0.2) is 38.0 Å². The third-order valence-electron chi connectivity index (χ3n) is 3.13. The molecule has 0 saturated heterocycles. The number of aromatic nitrogens is 2. The molecule has 1 amide bonds. The molecule has 1 N–H and O–H groups in total. The molecule has 0 aliphatic carbocycles. The van der Waals surface area contributed by atoms with Gasteiger partial charge in [0.05, 0.1) is 6.54 Å². The highest BCUT2D eigenvalue weighted by Crippen LogP contribution is 2.12. The van der Waals surface area contributed by atoms with E-state index in [1.54, 1.807) is 11.1 Å². The Hall–Kier alpha value is -1.85. The summed E-state index contributed by atoms with van der Waals surface area (Å²) in [6, 6.07) is 0. The number of unbranched alkanes of at least 4 members (excludes halogenated alkanes) is 1. The molecule has 0 saturated carbocycles. The standard InChI is InChI=1S/C12H17N3O3/c16-11(3-1-2-4-12(17)18)15-8-7-14-6-5-13-10(14)9-15/h5-6H,1-4,7-9H2,(H,17,18). The fourth-order valence-electron chi connectivity index (χ4n) is 2.10. The minimum atomic E-state index is -0.803. The third kappa shape index (κ3) is 3.09. The van der Waals surface area contributed by atoms with Crippen LogP contribution in [0.5, 0.6) is 0 Å². The zero-order valence-electron chi connectivity index (χ0n) is 10.2. The molecular weight excluding hydrogens is 234 g/mol. The van der Waals surface area contributed by atoms with Crippen molar-refractivity contribution in [1.82, 2.24) is 14.5 Å². The molecule has 18 heavy (non-hydrogen) atoms. The number of hydrogen-bond donors (Lipinski definition) is 1. The van der Waals surface area contributed by atoms with Crippen LogP contribution in [0.3, 0.4) is 0 Å². The lowest BCUT2D eigenvalue weighted by Crippen LogP contribution is -2.38. The van der Waals surface area contributed by atoms with E-state index in [1.807, 2.05) is 10.8 Å². The molecule has 0 radical (unpaired) electrons. The smallest absolute Gasteiger partial charge is 0.303 e. The predicted molar refractivity (Wildman–Crippen MR) is 63.7 cm³/mol. The number of imidazole rings is 1. The summed E-state index contributed by atoms with van der Waals surface area (Å²) in [4.78, 5) is 28.3. The van der Waals surface area contributed by atoms with Gasteiger partial charge in [0.1, 0.15) is 5.82 Å². The molecule has 0 atom stereocenters. The number of carbonyl (C=O) groups is 2. The van der Waals surface area contributed by atoms with Gasteiger partial charge in [0.15, 0.2) is 0 Å². The van der Waals surface area contributed by atoms with E-state index < -0.39 is 5.97 Å². The van der Waals surface area contributed by atoms with E-state index in [0.717, 1.165) is 12.4 Å². The van der Waals surface area contributed by atoms with Crippen LogP contribution in [0.25, 0.3) is 0 Å². The Kier molecular flexibility index (Phi) is 3.96. The number of aliphatic carboxylic acids is 1. The summed E-state index contributed by atoms with van der Waals surface area (Å²) in [6.07, 6.45) is 5.42. The maximum absolute atomic E-state index is 11.9. The van der Waals surface area contributed by atoms with Crippen molar-refractivity contribution in [3.05, 3.63) is 18.2 Å². The molecule has 0 fully saturated rings. The second-order valence-electron chi connectivity index (χ2n) is 4.45. The Bertz CT molecular complexity index is 442. The lowest BCUT2D eigenvalue weighted by atomic mass is 10.1. The monoisotopic (exact) mass is 251 g/mol. The first-order valence-electron chi connectivity index (χ1n) is 6.16. The van der Waals surface area contributed by atoms with Gasteiger partial charge >= 0.3 is 5.97 Å². The SMILES string of the molecule is O=C(O)CCCCC(=O)N1CCn2ccnc2C1. The number of nitrogens with zero attached hydrogens (tertiary/aromatic N) is 3. The van der Waals surface area contributed by atoms with E-state index in [-0.39, 0.29) is 12.3 Å². The van der Waals surface area contributed by atoms with Crippen molar-refractivity contribution in [2.24, 2.45) is 0 Å². The van der Waals surface area contributed by atoms with E-state index in [9.17, 15) is 9.59 Å². The fourth-order valence-corrected chi connectivity index (χ4v) is 2.10. The van der Waals surface area contributed by atoms with E-state index in [1.165, 1.54) is 0 Å². The number of hydrogen-bond acceptors (Lipinski definition) is 3. The van der Waals surface area contributed by atoms with E-state index in [2.05, 4.69) is 4.98 Å². The fraction of sp³-hybridized carbons (Fsp3) is 0.583. The van der Waals surface area contributed by atoms with Crippen molar-refractivity contribution in [3.8, 4) is 0 Å². The molecule has 0 aromatic carbocycles. The Morgan fingerprint density at radius 3 is 2.83 bits per heavy atom. The number of carboxylic acid groups (broad SMARTS) is 1. The minimum Gasteiger partial charge on any atom is -0.481 e. The zero-order chi connectivity index (χ0) is 13.0. The van der Waals surface area contributed by atoms with Gasteiger partial charge in [-0.3, -0.25) is 9.59 Å². The summed E-state index contributed by atoms with van der Waals surface area (Å²) in [5.41, 5.74) is 0.